The van der Waals surface area contributed by atoms with Crippen LogP contribution in [0.2, 0.25) is 0 Å². The van der Waals surface area contributed by atoms with E-state index in [-0.39, 0.29) is 6.15 Å². The van der Waals surface area contributed by atoms with Crippen molar-refractivity contribution in [1.29, 1.82) is 0 Å². The average Bonchev–Trinajstić information content (AvgIpc) is 2.75. The van der Waals surface area contributed by atoms with Crippen molar-refractivity contribution in [2.45, 2.75) is 19.9 Å². The van der Waals surface area contributed by atoms with E-state index in [1.165, 1.54) is 22.4 Å². The molecule has 0 bridgehead atoms. The summed E-state index contributed by atoms with van der Waals surface area (Å²) in [6.45, 7) is 3.08. The number of hydrogen-bond acceptors (Lipinski definition) is 2. The van der Waals surface area contributed by atoms with Crippen molar-refractivity contribution in [3.63, 3.8) is 0 Å². The Morgan fingerprint density at radius 1 is 1.27 bits per heavy atom. The molecule has 0 unspecified atom stereocenters. The van der Waals surface area contributed by atoms with Crippen LogP contribution in [0.3, 0.4) is 0 Å². The number of nitrogens with zero attached hydrogens (tertiary/aromatic N) is 2. The number of aryl methyl sites for hydroxylation is 1. The molecule has 0 saturated carbocycles. The first-order valence-corrected chi connectivity index (χ1v) is 5.03. The van der Waals surface area contributed by atoms with Gasteiger partial charge in [0.15, 0.2) is 0 Å². The van der Waals surface area contributed by atoms with Gasteiger partial charge in [-0.1, -0.05) is 24.3 Å². The molecular weight excluding hydrogens is 186 g/mol. The third kappa shape index (κ3) is 1.27. The summed E-state index contributed by atoms with van der Waals surface area (Å²) in [7, 11) is 0. The van der Waals surface area contributed by atoms with Gasteiger partial charge in [-0.3, -0.25) is 4.68 Å². The Balaban J connectivity index is 0.000000853. The lowest BCUT2D eigenvalue weighted by molar-refractivity contribution is 0.667. The second-order valence-corrected chi connectivity index (χ2v) is 3.67. The highest BCUT2D eigenvalue weighted by molar-refractivity contribution is 5.73. The van der Waals surface area contributed by atoms with Crippen molar-refractivity contribution >= 4 is 0 Å². The van der Waals surface area contributed by atoms with Crippen LogP contribution < -0.4 is 6.15 Å². The topological polar surface area (TPSA) is 52.8 Å². The standard InChI is InChI=1S/C12H12N2.H3N/c1-2-14-12-10(8-13-14)7-9-5-3-4-6-11(9)12;/h3-6,8H,2,7H2,1H3;1H3. The molecule has 15 heavy (non-hydrogen) atoms. The fraction of sp³-hybridized carbons (Fsp3) is 0.250. The molecule has 0 radical (unpaired) electrons. The summed E-state index contributed by atoms with van der Waals surface area (Å²) in [5.74, 6) is 0. The molecule has 0 fully saturated rings. The van der Waals surface area contributed by atoms with Crippen molar-refractivity contribution in [3.05, 3.63) is 41.6 Å². The minimum absolute atomic E-state index is 0. The summed E-state index contributed by atoms with van der Waals surface area (Å²) in [5.41, 5.74) is 5.49. The van der Waals surface area contributed by atoms with E-state index in [2.05, 4.69) is 41.0 Å². The van der Waals surface area contributed by atoms with Crippen LogP contribution in [0.5, 0.6) is 0 Å². The van der Waals surface area contributed by atoms with Gasteiger partial charge in [-0.2, -0.15) is 5.10 Å². The summed E-state index contributed by atoms with van der Waals surface area (Å²) in [6, 6.07) is 8.60. The zero-order chi connectivity index (χ0) is 9.54. The molecule has 1 aromatic carbocycles. The van der Waals surface area contributed by atoms with Crippen molar-refractivity contribution in [3.8, 4) is 11.3 Å². The zero-order valence-corrected chi connectivity index (χ0v) is 8.90. The van der Waals surface area contributed by atoms with Crippen molar-refractivity contribution in [1.82, 2.24) is 15.9 Å². The van der Waals surface area contributed by atoms with Crippen molar-refractivity contribution in [2.24, 2.45) is 0 Å². The summed E-state index contributed by atoms with van der Waals surface area (Å²) < 4.78 is 2.08. The van der Waals surface area contributed by atoms with Gasteiger partial charge in [-0.15, -0.1) is 0 Å². The summed E-state index contributed by atoms with van der Waals surface area (Å²) in [5, 5.41) is 4.37. The largest absolute Gasteiger partial charge is 0.344 e. The van der Waals surface area contributed by atoms with Crippen LogP contribution in [0, 0.1) is 0 Å². The number of rotatable bonds is 1. The van der Waals surface area contributed by atoms with Gasteiger partial charge in [0.25, 0.3) is 0 Å². The van der Waals surface area contributed by atoms with E-state index in [4.69, 9.17) is 0 Å². The number of hydrogen-bond donors (Lipinski definition) is 1. The molecule has 0 atom stereocenters. The maximum atomic E-state index is 4.37. The Kier molecular flexibility index (Phi) is 2.32. The van der Waals surface area contributed by atoms with E-state index >= 15 is 0 Å². The second-order valence-electron chi connectivity index (χ2n) is 3.67. The van der Waals surface area contributed by atoms with Gasteiger partial charge >= 0.3 is 0 Å². The van der Waals surface area contributed by atoms with Crippen LogP contribution in [0.1, 0.15) is 18.1 Å². The molecule has 3 nitrogen and oxygen atoms in total. The lowest BCUT2D eigenvalue weighted by Crippen LogP contribution is -1.98. The predicted octanol–water partition coefficient (Wildman–Crippen LogP) is 2.64. The molecule has 3 N–H and O–H groups in total. The van der Waals surface area contributed by atoms with E-state index in [9.17, 15) is 0 Å². The summed E-state index contributed by atoms with van der Waals surface area (Å²) >= 11 is 0. The monoisotopic (exact) mass is 201 g/mol. The molecule has 1 aliphatic carbocycles. The first kappa shape index (κ1) is 9.93. The number of fused-ring (bicyclic) bond motifs is 3. The Morgan fingerprint density at radius 2 is 2.07 bits per heavy atom. The second kappa shape index (κ2) is 3.51. The van der Waals surface area contributed by atoms with Gasteiger partial charge in [-0.25, -0.2) is 0 Å². The number of benzene rings is 1. The van der Waals surface area contributed by atoms with Crippen LogP contribution in [0.15, 0.2) is 30.5 Å². The Morgan fingerprint density at radius 3 is 2.87 bits per heavy atom. The van der Waals surface area contributed by atoms with Gasteiger partial charge in [0.05, 0.1) is 11.9 Å². The van der Waals surface area contributed by atoms with E-state index in [1.807, 2.05) is 6.20 Å². The minimum Gasteiger partial charge on any atom is -0.344 e. The van der Waals surface area contributed by atoms with Gasteiger partial charge in [0.1, 0.15) is 0 Å². The first-order chi connectivity index (χ1) is 6.90. The highest BCUT2D eigenvalue weighted by Crippen LogP contribution is 2.35. The molecule has 0 amide bonds. The summed E-state index contributed by atoms with van der Waals surface area (Å²) in [4.78, 5) is 0. The third-order valence-electron chi connectivity index (χ3n) is 2.87. The normalized spacial score (nSPS) is 11.8. The average molecular weight is 201 g/mol. The first-order valence-electron chi connectivity index (χ1n) is 5.03. The molecule has 1 aromatic heterocycles. The van der Waals surface area contributed by atoms with Crippen LogP contribution >= 0.6 is 0 Å². The van der Waals surface area contributed by atoms with Gasteiger partial charge in [0.2, 0.25) is 0 Å². The fourth-order valence-electron chi connectivity index (χ4n) is 2.22. The maximum absolute atomic E-state index is 4.37. The molecule has 3 rings (SSSR count). The highest BCUT2D eigenvalue weighted by Gasteiger charge is 2.21. The van der Waals surface area contributed by atoms with Gasteiger partial charge in [-0.05, 0) is 12.5 Å². The SMILES string of the molecule is CCn1ncc2c1-c1ccccc1C2.N. The molecule has 0 aliphatic heterocycles. The lowest BCUT2D eigenvalue weighted by Gasteiger charge is -2.03. The maximum Gasteiger partial charge on any atom is 0.0720 e. The third-order valence-corrected chi connectivity index (χ3v) is 2.87. The molecule has 1 heterocycles. The molecular formula is C12H15N3. The van der Waals surface area contributed by atoms with Gasteiger partial charge in [0, 0.05) is 24.1 Å². The van der Waals surface area contributed by atoms with Crippen molar-refractivity contribution in [2.75, 3.05) is 0 Å². The van der Waals surface area contributed by atoms with E-state index in [0.29, 0.717) is 0 Å². The molecule has 0 saturated heterocycles. The van der Waals surface area contributed by atoms with Gasteiger partial charge < -0.3 is 6.15 Å². The van der Waals surface area contributed by atoms with Crippen LogP contribution in [-0.4, -0.2) is 9.78 Å². The molecule has 2 aromatic rings. The Labute approximate surface area is 89.3 Å². The predicted molar refractivity (Wildman–Crippen MR) is 61.2 cm³/mol. The molecule has 3 heteroatoms. The minimum atomic E-state index is 0. The molecule has 0 spiro atoms. The van der Waals surface area contributed by atoms with Crippen LogP contribution in [0.4, 0.5) is 0 Å². The Hall–Kier alpha value is -1.61. The van der Waals surface area contributed by atoms with Crippen LogP contribution in [0.25, 0.3) is 11.3 Å². The summed E-state index contributed by atoms with van der Waals surface area (Å²) in [6.07, 6.45) is 3.05. The quantitative estimate of drug-likeness (QED) is 0.658. The lowest BCUT2D eigenvalue weighted by atomic mass is 10.1. The highest BCUT2D eigenvalue weighted by atomic mass is 15.3. The smallest absolute Gasteiger partial charge is 0.0720 e. The van der Waals surface area contributed by atoms with E-state index in [0.717, 1.165) is 13.0 Å². The van der Waals surface area contributed by atoms with E-state index < -0.39 is 0 Å². The molecule has 1 aliphatic rings. The fourth-order valence-corrected chi connectivity index (χ4v) is 2.22. The molecule has 78 valence electrons. The van der Waals surface area contributed by atoms with Crippen LogP contribution in [-0.2, 0) is 13.0 Å². The van der Waals surface area contributed by atoms with E-state index in [1.54, 1.807) is 0 Å². The van der Waals surface area contributed by atoms with Crippen molar-refractivity contribution < 1.29 is 0 Å². The number of aromatic nitrogens is 2. The zero-order valence-electron chi connectivity index (χ0n) is 8.90. The Bertz CT molecular complexity index is 485.